The Labute approximate surface area is 138 Å². The highest BCUT2D eigenvalue weighted by molar-refractivity contribution is 5.84. The SMILES string of the molecule is CC(C)C1COC2(C)C3CN(Cc4ccccc4)CC3C(=O)N12. The smallest absolute Gasteiger partial charge is 0.230 e. The molecule has 4 nitrogen and oxygen atoms in total. The molecule has 3 fully saturated rings. The molecule has 0 bridgehead atoms. The number of hydrogen-bond donors (Lipinski definition) is 0. The van der Waals surface area contributed by atoms with Crippen molar-refractivity contribution in [3.63, 3.8) is 0 Å². The van der Waals surface area contributed by atoms with E-state index in [2.05, 4.69) is 54.8 Å². The van der Waals surface area contributed by atoms with Gasteiger partial charge in [-0.05, 0) is 18.4 Å². The number of hydrogen-bond acceptors (Lipinski definition) is 3. The van der Waals surface area contributed by atoms with Crippen molar-refractivity contribution in [2.45, 2.75) is 39.1 Å². The van der Waals surface area contributed by atoms with Crippen molar-refractivity contribution in [3.05, 3.63) is 35.9 Å². The number of rotatable bonds is 3. The van der Waals surface area contributed by atoms with Crippen molar-refractivity contribution < 1.29 is 9.53 Å². The molecule has 4 atom stereocenters. The summed E-state index contributed by atoms with van der Waals surface area (Å²) in [5, 5.41) is 0. The first-order valence-corrected chi connectivity index (χ1v) is 8.74. The normalized spacial score (nSPS) is 36.8. The van der Waals surface area contributed by atoms with E-state index in [4.69, 9.17) is 4.74 Å². The average molecular weight is 314 g/mol. The van der Waals surface area contributed by atoms with Crippen LogP contribution in [-0.4, -0.2) is 47.2 Å². The highest BCUT2D eigenvalue weighted by Crippen LogP contribution is 2.50. The Kier molecular flexibility index (Phi) is 3.50. The molecular weight excluding hydrogens is 288 g/mol. The van der Waals surface area contributed by atoms with Crippen LogP contribution in [0.25, 0.3) is 0 Å². The van der Waals surface area contributed by atoms with Gasteiger partial charge in [-0.1, -0.05) is 44.2 Å². The fraction of sp³-hybridized carbons (Fsp3) is 0.632. The first-order chi connectivity index (χ1) is 11.0. The maximum atomic E-state index is 13.0. The predicted molar refractivity (Wildman–Crippen MR) is 88.5 cm³/mol. The molecule has 3 aliphatic rings. The summed E-state index contributed by atoms with van der Waals surface area (Å²) < 4.78 is 6.20. The van der Waals surface area contributed by atoms with Crippen LogP contribution in [0.1, 0.15) is 26.3 Å². The second-order valence-corrected chi connectivity index (χ2v) is 7.78. The summed E-state index contributed by atoms with van der Waals surface area (Å²) in [5.41, 5.74) is 0.914. The summed E-state index contributed by atoms with van der Waals surface area (Å²) >= 11 is 0. The van der Waals surface area contributed by atoms with Crippen LogP contribution >= 0.6 is 0 Å². The zero-order chi connectivity index (χ0) is 16.2. The van der Waals surface area contributed by atoms with Gasteiger partial charge in [0, 0.05) is 25.6 Å². The van der Waals surface area contributed by atoms with Gasteiger partial charge in [-0.2, -0.15) is 0 Å². The van der Waals surface area contributed by atoms with E-state index in [0.717, 1.165) is 19.6 Å². The molecule has 0 saturated carbocycles. The molecule has 0 spiro atoms. The molecule has 3 heterocycles. The van der Waals surface area contributed by atoms with E-state index in [1.165, 1.54) is 5.56 Å². The molecule has 23 heavy (non-hydrogen) atoms. The number of ether oxygens (including phenoxy) is 1. The zero-order valence-electron chi connectivity index (χ0n) is 14.2. The number of carbonyl (C=O) groups is 1. The van der Waals surface area contributed by atoms with Crippen LogP contribution in [-0.2, 0) is 16.1 Å². The van der Waals surface area contributed by atoms with Crippen LogP contribution in [0, 0.1) is 17.8 Å². The Bertz CT molecular complexity index is 603. The lowest BCUT2D eigenvalue weighted by molar-refractivity contribution is -0.141. The Hall–Kier alpha value is -1.39. The summed E-state index contributed by atoms with van der Waals surface area (Å²) in [5.74, 6) is 1.15. The van der Waals surface area contributed by atoms with E-state index < -0.39 is 5.72 Å². The Morgan fingerprint density at radius 1 is 1.26 bits per heavy atom. The number of carbonyl (C=O) groups excluding carboxylic acids is 1. The minimum Gasteiger partial charge on any atom is -0.353 e. The molecule has 124 valence electrons. The van der Waals surface area contributed by atoms with Crippen molar-refractivity contribution >= 4 is 5.91 Å². The van der Waals surface area contributed by atoms with Gasteiger partial charge in [-0.3, -0.25) is 9.69 Å². The molecule has 1 amide bonds. The Morgan fingerprint density at radius 3 is 2.70 bits per heavy atom. The topological polar surface area (TPSA) is 32.8 Å². The lowest BCUT2D eigenvalue weighted by atomic mass is 9.92. The highest BCUT2D eigenvalue weighted by Gasteiger charge is 2.64. The highest BCUT2D eigenvalue weighted by atomic mass is 16.5. The van der Waals surface area contributed by atoms with Gasteiger partial charge in [-0.15, -0.1) is 0 Å². The first-order valence-electron chi connectivity index (χ1n) is 8.74. The summed E-state index contributed by atoms with van der Waals surface area (Å²) in [6.45, 7) is 9.91. The second kappa shape index (κ2) is 5.32. The molecule has 0 aliphatic carbocycles. The largest absolute Gasteiger partial charge is 0.353 e. The van der Waals surface area contributed by atoms with Gasteiger partial charge in [0.1, 0.15) is 5.72 Å². The van der Waals surface area contributed by atoms with Crippen molar-refractivity contribution in [1.29, 1.82) is 0 Å². The van der Waals surface area contributed by atoms with Crippen LogP contribution < -0.4 is 0 Å². The number of amides is 1. The summed E-state index contributed by atoms with van der Waals surface area (Å²) in [6.07, 6.45) is 0. The van der Waals surface area contributed by atoms with Crippen molar-refractivity contribution in [2.75, 3.05) is 19.7 Å². The standard InChI is InChI=1S/C19H26N2O2/c1-13(2)17-12-23-19(3)16-11-20(9-14-7-5-4-6-8-14)10-15(16)18(22)21(17)19/h4-8,13,15-17H,9-12H2,1-3H3. The molecule has 4 rings (SSSR count). The van der Waals surface area contributed by atoms with Gasteiger partial charge < -0.3 is 9.64 Å². The molecule has 3 aliphatic heterocycles. The van der Waals surface area contributed by atoms with E-state index >= 15 is 0 Å². The van der Waals surface area contributed by atoms with Gasteiger partial charge in [0.15, 0.2) is 0 Å². The van der Waals surface area contributed by atoms with Gasteiger partial charge >= 0.3 is 0 Å². The van der Waals surface area contributed by atoms with Gasteiger partial charge in [0.05, 0.1) is 18.6 Å². The molecule has 4 unspecified atom stereocenters. The molecule has 1 aromatic rings. The average Bonchev–Trinajstić information content (AvgIpc) is 3.14. The number of fused-ring (bicyclic) bond motifs is 3. The Balaban J connectivity index is 1.53. The quantitative estimate of drug-likeness (QED) is 0.858. The van der Waals surface area contributed by atoms with E-state index in [9.17, 15) is 4.79 Å². The minimum atomic E-state index is -0.401. The summed E-state index contributed by atoms with van der Waals surface area (Å²) in [4.78, 5) is 17.5. The van der Waals surface area contributed by atoms with Gasteiger partial charge in [0.2, 0.25) is 5.91 Å². The van der Waals surface area contributed by atoms with Crippen LogP contribution in [0.2, 0.25) is 0 Å². The molecular formula is C19H26N2O2. The van der Waals surface area contributed by atoms with E-state index in [0.29, 0.717) is 24.3 Å². The van der Waals surface area contributed by atoms with Crippen molar-refractivity contribution in [1.82, 2.24) is 9.80 Å². The Morgan fingerprint density at radius 2 is 2.00 bits per heavy atom. The molecule has 1 aromatic carbocycles. The lowest BCUT2D eigenvalue weighted by Gasteiger charge is -2.35. The third-order valence-corrected chi connectivity index (χ3v) is 6.01. The van der Waals surface area contributed by atoms with E-state index in [1.807, 2.05) is 6.07 Å². The summed E-state index contributed by atoms with van der Waals surface area (Å²) in [6, 6.07) is 10.8. The predicted octanol–water partition coefficient (Wildman–Crippen LogP) is 2.35. The third-order valence-electron chi connectivity index (χ3n) is 6.01. The summed E-state index contributed by atoms with van der Waals surface area (Å²) in [7, 11) is 0. The van der Waals surface area contributed by atoms with Crippen LogP contribution in [0.3, 0.4) is 0 Å². The number of benzene rings is 1. The molecule has 0 aromatic heterocycles. The maximum Gasteiger partial charge on any atom is 0.230 e. The zero-order valence-corrected chi connectivity index (χ0v) is 14.2. The molecule has 3 saturated heterocycles. The maximum absolute atomic E-state index is 13.0. The van der Waals surface area contributed by atoms with Gasteiger partial charge in [0.25, 0.3) is 0 Å². The van der Waals surface area contributed by atoms with E-state index in [-0.39, 0.29) is 12.0 Å². The fourth-order valence-corrected chi connectivity index (χ4v) is 4.71. The number of nitrogens with zero attached hydrogens (tertiary/aromatic N) is 2. The molecule has 0 radical (unpaired) electrons. The van der Waals surface area contributed by atoms with Crippen LogP contribution in [0.4, 0.5) is 0 Å². The minimum absolute atomic E-state index is 0.102. The third kappa shape index (κ3) is 2.23. The monoisotopic (exact) mass is 314 g/mol. The molecule has 4 heteroatoms. The van der Waals surface area contributed by atoms with Crippen LogP contribution in [0.15, 0.2) is 30.3 Å². The van der Waals surface area contributed by atoms with Gasteiger partial charge in [-0.25, -0.2) is 0 Å². The first kappa shape index (κ1) is 15.2. The molecule has 0 N–H and O–H groups in total. The lowest BCUT2D eigenvalue weighted by Crippen LogP contribution is -2.49. The fourth-order valence-electron chi connectivity index (χ4n) is 4.71. The van der Waals surface area contributed by atoms with Crippen LogP contribution in [0.5, 0.6) is 0 Å². The van der Waals surface area contributed by atoms with Crippen molar-refractivity contribution in [3.8, 4) is 0 Å². The van der Waals surface area contributed by atoms with Crippen molar-refractivity contribution in [2.24, 2.45) is 17.8 Å². The van der Waals surface area contributed by atoms with E-state index in [1.54, 1.807) is 0 Å². The number of likely N-dealkylation sites (tertiary alicyclic amines) is 1. The second-order valence-electron chi connectivity index (χ2n) is 7.78.